The molecule has 0 heterocycles. The molecule has 0 saturated carbocycles. The zero-order valence-electron chi connectivity index (χ0n) is 8.09. The molecule has 0 radical (unpaired) electrons. The topological polar surface area (TPSA) is 102 Å². The van der Waals surface area contributed by atoms with Gasteiger partial charge in [0.25, 0.3) is 5.69 Å². The lowest BCUT2D eigenvalue weighted by Crippen LogP contribution is -2.25. The maximum absolute atomic E-state index is 10.5. The lowest BCUT2D eigenvalue weighted by atomic mass is 10.3. The second-order valence-corrected chi connectivity index (χ2v) is 3.33. The number of nitriles is 1. The van der Waals surface area contributed by atoms with Gasteiger partial charge < -0.3 is 10.5 Å². The molecule has 84 valence electrons. The van der Waals surface area contributed by atoms with Crippen molar-refractivity contribution < 1.29 is 9.66 Å². The van der Waals surface area contributed by atoms with Crippen LogP contribution in [0, 0.1) is 21.4 Å². The van der Waals surface area contributed by atoms with E-state index >= 15 is 0 Å². The van der Waals surface area contributed by atoms with E-state index in [4.69, 9.17) is 27.3 Å². The SMILES string of the molecule is N#CC(N)COc1cc([N+](=O)[O-])ccc1Cl. The summed E-state index contributed by atoms with van der Waals surface area (Å²) in [5.41, 5.74) is 5.17. The van der Waals surface area contributed by atoms with Crippen LogP contribution in [0.5, 0.6) is 5.75 Å². The number of halogens is 1. The fourth-order valence-corrected chi connectivity index (χ4v) is 1.11. The second kappa shape index (κ2) is 5.30. The highest BCUT2D eigenvalue weighted by Gasteiger charge is 2.11. The molecule has 0 bridgehead atoms. The van der Waals surface area contributed by atoms with Gasteiger partial charge >= 0.3 is 0 Å². The first-order valence-electron chi connectivity index (χ1n) is 4.26. The Labute approximate surface area is 96.3 Å². The minimum atomic E-state index is -0.796. The maximum atomic E-state index is 10.5. The molecule has 1 unspecified atom stereocenters. The van der Waals surface area contributed by atoms with Gasteiger partial charge in [-0.1, -0.05) is 11.6 Å². The molecule has 0 amide bonds. The van der Waals surface area contributed by atoms with Crippen molar-refractivity contribution in [3.05, 3.63) is 33.3 Å². The monoisotopic (exact) mass is 241 g/mol. The Balaban J connectivity index is 2.83. The summed E-state index contributed by atoms with van der Waals surface area (Å²) >= 11 is 5.76. The lowest BCUT2D eigenvalue weighted by molar-refractivity contribution is -0.384. The molecule has 0 aliphatic heterocycles. The normalized spacial score (nSPS) is 11.6. The Morgan fingerprint density at radius 1 is 1.69 bits per heavy atom. The molecule has 1 atom stereocenters. The number of ether oxygens (including phenoxy) is 1. The summed E-state index contributed by atoms with van der Waals surface area (Å²) in [5.74, 6) is 0.140. The summed E-state index contributed by atoms with van der Waals surface area (Å²) in [6.07, 6.45) is 0. The molecule has 1 rings (SSSR count). The Morgan fingerprint density at radius 2 is 2.38 bits per heavy atom. The predicted molar refractivity (Wildman–Crippen MR) is 57.2 cm³/mol. The van der Waals surface area contributed by atoms with Crippen molar-refractivity contribution in [2.24, 2.45) is 5.73 Å². The predicted octanol–water partition coefficient (Wildman–Crippen LogP) is 1.48. The van der Waals surface area contributed by atoms with Crippen molar-refractivity contribution in [3.8, 4) is 11.8 Å². The van der Waals surface area contributed by atoms with Crippen molar-refractivity contribution in [3.63, 3.8) is 0 Å². The van der Waals surface area contributed by atoms with E-state index in [1.807, 2.05) is 0 Å². The highest BCUT2D eigenvalue weighted by molar-refractivity contribution is 6.32. The Morgan fingerprint density at radius 3 is 2.94 bits per heavy atom. The highest BCUT2D eigenvalue weighted by atomic mass is 35.5. The lowest BCUT2D eigenvalue weighted by Gasteiger charge is -2.08. The van der Waals surface area contributed by atoms with Crippen LogP contribution >= 0.6 is 11.6 Å². The molecule has 0 aliphatic carbocycles. The van der Waals surface area contributed by atoms with E-state index in [9.17, 15) is 10.1 Å². The number of non-ortho nitro benzene ring substituents is 1. The van der Waals surface area contributed by atoms with Crippen LogP contribution in [0.1, 0.15) is 0 Å². The average molecular weight is 242 g/mol. The smallest absolute Gasteiger partial charge is 0.273 e. The number of nitrogens with two attached hydrogens (primary N) is 1. The molecular weight excluding hydrogens is 234 g/mol. The zero-order chi connectivity index (χ0) is 12.1. The Hall–Kier alpha value is -1.84. The van der Waals surface area contributed by atoms with E-state index in [1.165, 1.54) is 18.2 Å². The molecule has 1 aromatic rings. The van der Waals surface area contributed by atoms with Gasteiger partial charge in [-0.15, -0.1) is 0 Å². The number of hydrogen-bond donors (Lipinski definition) is 1. The van der Waals surface area contributed by atoms with Gasteiger partial charge in [-0.05, 0) is 6.07 Å². The van der Waals surface area contributed by atoms with Crippen molar-refractivity contribution >= 4 is 17.3 Å². The molecular formula is C9H8ClN3O3. The first kappa shape index (κ1) is 12.2. The molecule has 16 heavy (non-hydrogen) atoms. The van der Waals surface area contributed by atoms with E-state index in [2.05, 4.69) is 0 Å². The van der Waals surface area contributed by atoms with Crippen LogP contribution in [0.3, 0.4) is 0 Å². The number of benzene rings is 1. The van der Waals surface area contributed by atoms with Crippen molar-refractivity contribution in [1.29, 1.82) is 5.26 Å². The number of nitro groups is 1. The van der Waals surface area contributed by atoms with E-state index in [0.717, 1.165) is 0 Å². The fourth-order valence-electron chi connectivity index (χ4n) is 0.933. The molecule has 0 saturated heterocycles. The summed E-state index contributed by atoms with van der Waals surface area (Å²) in [4.78, 5) is 9.93. The third-order valence-electron chi connectivity index (χ3n) is 1.71. The number of nitro benzene ring substituents is 1. The van der Waals surface area contributed by atoms with Crippen LogP contribution < -0.4 is 10.5 Å². The van der Waals surface area contributed by atoms with E-state index in [-0.39, 0.29) is 23.1 Å². The van der Waals surface area contributed by atoms with Crippen LogP contribution in [-0.2, 0) is 0 Å². The average Bonchev–Trinajstić information content (AvgIpc) is 2.27. The Bertz CT molecular complexity index is 444. The molecule has 0 aromatic heterocycles. The van der Waals surface area contributed by atoms with Crippen molar-refractivity contribution in [2.45, 2.75) is 6.04 Å². The third kappa shape index (κ3) is 3.08. The van der Waals surface area contributed by atoms with E-state index in [1.54, 1.807) is 6.07 Å². The summed E-state index contributed by atoms with van der Waals surface area (Å²) < 4.78 is 5.10. The molecule has 0 aliphatic rings. The van der Waals surface area contributed by atoms with Crippen LogP contribution in [0.15, 0.2) is 18.2 Å². The van der Waals surface area contributed by atoms with Crippen LogP contribution in [0.2, 0.25) is 5.02 Å². The van der Waals surface area contributed by atoms with Gasteiger partial charge in [0.2, 0.25) is 0 Å². The number of hydrogen-bond acceptors (Lipinski definition) is 5. The highest BCUT2D eigenvalue weighted by Crippen LogP contribution is 2.28. The molecule has 1 aromatic carbocycles. The summed E-state index contributed by atoms with van der Waals surface area (Å²) in [6.45, 7) is -0.0720. The second-order valence-electron chi connectivity index (χ2n) is 2.92. The van der Waals surface area contributed by atoms with Crippen molar-refractivity contribution in [1.82, 2.24) is 0 Å². The van der Waals surface area contributed by atoms with E-state index < -0.39 is 11.0 Å². The van der Waals surface area contributed by atoms with Crippen LogP contribution in [-0.4, -0.2) is 17.6 Å². The molecule has 6 nitrogen and oxygen atoms in total. The van der Waals surface area contributed by atoms with Gasteiger partial charge in [0.05, 0.1) is 22.1 Å². The van der Waals surface area contributed by atoms with Gasteiger partial charge in [-0.2, -0.15) is 5.26 Å². The summed E-state index contributed by atoms with van der Waals surface area (Å²) in [6, 6.07) is 4.78. The van der Waals surface area contributed by atoms with Gasteiger partial charge in [0.15, 0.2) is 0 Å². The van der Waals surface area contributed by atoms with Crippen LogP contribution in [0.4, 0.5) is 5.69 Å². The zero-order valence-corrected chi connectivity index (χ0v) is 8.85. The molecule has 2 N–H and O–H groups in total. The van der Waals surface area contributed by atoms with Gasteiger partial charge in [-0.25, -0.2) is 0 Å². The van der Waals surface area contributed by atoms with E-state index in [0.29, 0.717) is 0 Å². The molecule has 7 heteroatoms. The van der Waals surface area contributed by atoms with Crippen LogP contribution in [0.25, 0.3) is 0 Å². The third-order valence-corrected chi connectivity index (χ3v) is 2.02. The maximum Gasteiger partial charge on any atom is 0.273 e. The quantitative estimate of drug-likeness (QED) is 0.635. The first-order chi connectivity index (χ1) is 7.54. The minimum absolute atomic E-state index is 0.0720. The van der Waals surface area contributed by atoms with Gasteiger partial charge in [0.1, 0.15) is 18.4 Å². The first-order valence-corrected chi connectivity index (χ1v) is 4.64. The summed E-state index contributed by atoms with van der Waals surface area (Å²) in [7, 11) is 0. The van der Waals surface area contributed by atoms with Gasteiger partial charge in [0, 0.05) is 6.07 Å². The Kier molecular flexibility index (Phi) is 4.05. The standard InChI is InChI=1S/C9H8ClN3O3/c10-8-2-1-7(13(14)15)3-9(8)16-5-6(12)4-11/h1-3,6H,5,12H2. The molecule has 0 spiro atoms. The van der Waals surface area contributed by atoms with Crippen molar-refractivity contribution in [2.75, 3.05) is 6.61 Å². The molecule has 0 fully saturated rings. The summed E-state index contributed by atoms with van der Waals surface area (Å²) in [5, 5.41) is 19.1. The van der Waals surface area contributed by atoms with Gasteiger partial charge in [-0.3, -0.25) is 10.1 Å². The largest absolute Gasteiger partial charge is 0.489 e. The fraction of sp³-hybridized carbons (Fsp3) is 0.222. The number of nitrogens with zero attached hydrogens (tertiary/aromatic N) is 2. The number of rotatable bonds is 4. The minimum Gasteiger partial charge on any atom is -0.489 e.